The van der Waals surface area contributed by atoms with Gasteiger partial charge in [-0.05, 0) is 12.8 Å². The van der Waals surface area contributed by atoms with E-state index in [0.29, 0.717) is 12.8 Å². The maximum atomic E-state index is 11.4. The number of carboxylic acid groups (broad SMARTS) is 1. The smallest absolute Gasteiger partial charge is 0.328 e. The van der Waals surface area contributed by atoms with Crippen molar-refractivity contribution in [3.8, 4) is 0 Å². The van der Waals surface area contributed by atoms with Crippen molar-refractivity contribution in [1.82, 2.24) is 5.32 Å². The van der Waals surface area contributed by atoms with Crippen LogP contribution in [0.25, 0.3) is 0 Å². The summed E-state index contributed by atoms with van der Waals surface area (Å²) in [5.74, 6) is -1.70. The molecule has 0 saturated carbocycles. The molecule has 0 bridgehead atoms. The Labute approximate surface area is 83.1 Å². The predicted molar refractivity (Wildman–Crippen MR) is 50.7 cm³/mol. The largest absolute Gasteiger partial charge is 0.480 e. The number of carbonyl (C=O) groups is 2. The molecular weight excluding hydrogens is 186 g/mol. The van der Waals surface area contributed by atoms with Gasteiger partial charge in [0.2, 0.25) is 5.91 Å². The SMILES string of the molecule is CCC(CC)C(=O)N[C@H](CO)C(=O)O. The van der Waals surface area contributed by atoms with E-state index >= 15 is 0 Å². The second-order valence-corrected chi connectivity index (χ2v) is 3.10. The molecule has 82 valence electrons. The third-order valence-electron chi connectivity index (χ3n) is 2.15. The normalized spacial score (nSPS) is 12.6. The Hall–Kier alpha value is -1.10. The number of amides is 1. The molecular formula is C9H17NO4. The minimum Gasteiger partial charge on any atom is -0.480 e. The highest BCUT2D eigenvalue weighted by Crippen LogP contribution is 2.07. The van der Waals surface area contributed by atoms with Crippen LogP contribution < -0.4 is 5.32 Å². The second kappa shape index (κ2) is 6.37. The van der Waals surface area contributed by atoms with Gasteiger partial charge in [-0.1, -0.05) is 13.8 Å². The van der Waals surface area contributed by atoms with Gasteiger partial charge in [-0.2, -0.15) is 0 Å². The Morgan fingerprint density at radius 3 is 2.07 bits per heavy atom. The van der Waals surface area contributed by atoms with E-state index in [1.54, 1.807) is 0 Å². The molecule has 0 aliphatic rings. The summed E-state index contributed by atoms with van der Waals surface area (Å²) < 4.78 is 0. The molecule has 0 spiro atoms. The van der Waals surface area contributed by atoms with Crippen LogP contribution in [-0.2, 0) is 9.59 Å². The number of carboxylic acids is 1. The fourth-order valence-electron chi connectivity index (χ4n) is 1.13. The molecule has 1 amide bonds. The van der Waals surface area contributed by atoms with Crippen LogP contribution in [0.5, 0.6) is 0 Å². The standard InChI is InChI=1S/C9H17NO4/c1-3-6(4-2)8(12)10-7(5-11)9(13)14/h6-7,11H,3-5H2,1-2H3,(H,10,12)(H,13,14)/t7-/m1/s1. The number of aliphatic hydroxyl groups is 1. The maximum absolute atomic E-state index is 11.4. The zero-order valence-electron chi connectivity index (χ0n) is 8.49. The van der Waals surface area contributed by atoms with Crippen molar-refractivity contribution in [2.24, 2.45) is 5.92 Å². The summed E-state index contributed by atoms with van der Waals surface area (Å²) in [5.41, 5.74) is 0. The van der Waals surface area contributed by atoms with E-state index in [1.807, 2.05) is 13.8 Å². The van der Waals surface area contributed by atoms with Gasteiger partial charge in [0.15, 0.2) is 0 Å². The summed E-state index contributed by atoms with van der Waals surface area (Å²) >= 11 is 0. The molecule has 0 aromatic heterocycles. The van der Waals surface area contributed by atoms with E-state index in [2.05, 4.69) is 5.32 Å². The lowest BCUT2D eigenvalue weighted by molar-refractivity contribution is -0.143. The third-order valence-corrected chi connectivity index (χ3v) is 2.15. The van der Waals surface area contributed by atoms with Crippen molar-refractivity contribution in [3.63, 3.8) is 0 Å². The summed E-state index contributed by atoms with van der Waals surface area (Å²) in [5, 5.41) is 19.5. The third kappa shape index (κ3) is 3.74. The van der Waals surface area contributed by atoms with Gasteiger partial charge in [-0.3, -0.25) is 4.79 Å². The maximum Gasteiger partial charge on any atom is 0.328 e. The van der Waals surface area contributed by atoms with Crippen molar-refractivity contribution in [1.29, 1.82) is 0 Å². The number of nitrogens with one attached hydrogen (secondary N) is 1. The molecule has 0 radical (unpaired) electrons. The molecule has 0 aliphatic carbocycles. The van der Waals surface area contributed by atoms with Gasteiger partial charge in [0.25, 0.3) is 0 Å². The van der Waals surface area contributed by atoms with Crippen molar-refractivity contribution < 1.29 is 19.8 Å². The average molecular weight is 203 g/mol. The Kier molecular flexibility index (Phi) is 5.87. The van der Waals surface area contributed by atoms with Gasteiger partial charge in [0.1, 0.15) is 6.04 Å². The van der Waals surface area contributed by atoms with E-state index in [-0.39, 0.29) is 11.8 Å². The van der Waals surface area contributed by atoms with Gasteiger partial charge in [0.05, 0.1) is 6.61 Å². The van der Waals surface area contributed by atoms with E-state index in [1.165, 1.54) is 0 Å². The van der Waals surface area contributed by atoms with E-state index in [4.69, 9.17) is 10.2 Å². The fourth-order valence-corrected chi connectivity index (χ4v) is 1.13. The number of rotatable bonds is 6. The quantitative estimate of drug-likeness (QED) is 0.566. The van der Waals surface area contributed by atoms with E-state index in [0.717, 1.165) is 0 Å². The van der Waals surface area contributed by atoms with Crippen molar-refractivity contribution >= 4 is 11.9 Å². The highest BCUT2D eigenvalue weighted by molar-refractivity contribution is 5.84. The Balaban J connectivity index is 4.20. The first-order chi connectivity index (χ1) is 6.56. The monoisotopic (exact) mass is 203 g/mol. The summed E-state index contributed by atoms with van der Waals surface area (Å²) in [6.07, 6.45) is 1.33. The molecule has 5 nitrogen and oxygen atoms in total. The summed E-state index contributed by atoms with van der Waals surface area (Å²) in [6, 6.07) is -1.19. The zero-order chi connectivity index (χ0) is 11.1. The van der Waals surface area contributed by atoms with Gasteiger partial charge in [0, 0.05) is 5.92 Å². The topological polar surface area (TPSA) is 86.6 Å². The highest BCUT2D eigenvalue weighted by Gasteiger charge is 2.22. The molecule has 5 heteroatoms. The number of hydrogen-bond acceptors (Lipinski definition) is 3. The van der Waals surface area contributed by atoms with Crippen LogP contribution in [0.3, 0.4) is 0 Å². The molecule has 0 rings (SSSR count). The number of aliphatic carboxylic acids is 1. The molecule has 0 aliphatic heterocycles. The van der Waals surface area contributed by atoms with Crippen LogP contribution in [0.4, 0.5) is 0 Å². The van der Waals surface area contributed by atoms with Gasteiger partial charge in [-0.15, -0.1) is 0 Å². The minimum absolute atomic E-state index is 0.177. The second-order valence-electron chi connectivity index (χ2n) is 3.10. The number of aliphatic hydroxyl groups excluding tert-OH is 1. The summed E-state index contributed by atoms with van der Waals surface area (Å²) in [6.45, 7) is 3.14. The van der Waals surface area contributed by atoms with Crippen LogP contribution in [0, 0.1) is 5.92 Å². The molecule has 0 unspecified atom stereocenters. The molecule has 0 aromatic carbocycles. The molecule has 0 saturated heterocycles. The molecule has 0 aromatic rings. The first-order valence-electron chi connectivity index (χ1n) is 4.70. The molecule has 14 heavy (non-hydrogen) atoms. The van der Waals surface area contributed by atoms with Crippen LogP contribution in [0.1, 0.15) is 26.7 Å². The van der Waals surface area contributed by atoms with Crippen molar-refractivity contribution in [3.05, 3.63) is 0 Å². The van der Waals surface area contributed by atoms with Crippen molar-refractivity contribution in [2.75, 3.05) is 6.61 Å². The number of hydrogen-bond donors (Lipinski definition) is 3. The summed E-state index contributed by atoms with van der Waals surface area (Å²) in [7, 11) is 0. The van der Waals surface area contributed by atoms with Gasteiger partial charge >= 0.3 is 5.97 Å². The molecule has 3 N–H and O–H groups in total. The predicted octanol–water partition coefficient (Wildman–Crippen LogP) is -0.0157. The Morgan fingerprint density at radius 1 is 1.29 bits per heavy atom. The van der Waals surface area contributed by atoms with Gasteiger partial charge < -0.3 is 15.5 Å². The lowest BCUT2D eigenvalue weighted by Crippen LogP contribution is -2.45. The van der Waals surface area contributed by atoms with Crippen LogP contribution in [0.2, 0.25) is 0 Å². The Morgan fingerprint density at radius 2 is 1.79 bits per heavy atom. The number of carbonyl (C=O) groups excluding carboxylic acids is 1. The molecule has 1 atom stereocenters. The Bertz CT molecular complexity index is 201. The van der Waals surface area contributed by atoms with Crippen LogP contribution in [0.15, 0.2) is 0 Å². The van der Waals surface area contributed by atoms with E-state index in [9.17, 15) is 9.59 Å². The fraction of sp³-hybridized carbons (Fsp3) is 0.778. The highest BCUT2D eigenvalue weighted by atomic mass is 16.4. The van der Waals surface area contributed by atoms with Gasteiger partial charge in [-0.25, -0.2) is 4.79 Å². The summed E-state index contributed by atoms with van der Waals surface area (Å²) in [4.78, 5) is 21.9. The molecule has 0 fully saturated rings. The zero-order valence-corrected chi connectivity index (χ0v) is 8.49. The van der Waals surface area contributed by atoms with Crippen LogP contribution in [-0.4, -0.2) is 34.7 Å². The lowest BCUT2D eigenvalue weighted by atomic mass is 10.0. The van der Waals surface area contributed by atoms with Crippen LogP contribution >= 0.6 is 0 Å². The minimum atomic E-state index is -1.22. The first kappa shape index (κ1) is 12.9. The average Bonchev–Trinajstić information content (AvgIpc) is 2.15. The molecule has 0 heterocycles. The lowest BCUT2D eigenvalue weighted by Gasteiger charge is -2.16. The first-order valence-corrected chi connectivity index (χ1v) is 4.70. The van der Waals surface area contributed by atoms with Crippen molar-refractivity contribution in [2.45, 2.75) is 32.7 Å². The van der Waals surface area contributed by atoms with E-state index < -0.39 is 18.6 Å².